The van der Waals surface area contributed by atoms with E-state index in [4.69, 9.17) is 0 Å². The van der Waals surface area contributed by atoms with Gasteiger partial charge in [-0.25, -0.2) is 0 Å². The smallest absolute Gasteiger partial charge is 0.0963 e. The molecule has 0 aliphatic heterocycles. The molecule has 1 aromatic rings. The molecule has 1 atom stereocenters. The molecule has 78 valence electrons. The molecule has 1 unspecified atom stereocenters. The first-order valence-corrected chi connectivity index (χ1v) is 6.25. The fourth-order valence-corrected chi connectivity index (χ4v) is 1.90. The first kappa shape index (κ1) is 10.1. The number of hydrogen-bond donors (Lipinski definition) is 0. The summed E-state index contributed by atoms with van der Waals surface area (Å²) in [6, 6.07) is 0. The van der Waals surface area contributed by atoms with E-state index in [9.17, 15) is 0 Å². The number of aromatic nitrogens is 3. The fraction of sp³-hybridized carbons (Fsp3) is 0.800. The van der Waals surface area contributed by atoms with Crippen LogP contribution in [0.1, 0.15) is 43.1 Å². The van der Waals surface area contributed by atoms with E-state index in [1.807, 2.05) is 4.68 Å². The Bertz CT molecular complexity index is 293. The van der Waals surface area contributed by atoms with E-state index in [1.54, 1.807) is 0 Å². The Hall–Kier alpha value is -0.380. The quantitative estimate of drug-likeness (QED) is 0.777. The minimum Gasteiger partial charge on any atom is -0.252 e. The minimum atomic E-state index is 0.359. The molecule has 1 saturated carbocycles. The summed E-state index contributed by atoms with van der Waals surface area (Å²) in [6.07, 6.45) is 7.24. The van der Waals surface area contributed by atoms with E-state index in [0.717, 1.165) is 24.6 Å². The summed E-state index contributed by atoms with van der Waals surface area (Å²) in [5.74, 6) is 0.847. The second-order valence-electron chi connectivity index (χ2n) is 4.04. The molecule has 1 aromatic heterocycles. The number of alkyl halides is 1. The van der Waals surface area contributed by atoms with E-state index < -0.39 is 0 Å². The van der Waals surface area contributed by atoms with Crippen molar-refractivity contribution in [2.45, 2.75) is 44.0 Å². The Labute approximate surface area is 93.0 Å². The number of nitrogens with zero attached hydrogens (tertiary/aromatic N) is 3. The van der Waals surface area contributed by atoms with Crippen LogP contribution in [0.3, 0.4) is 0 Å². The standard InChI is InChI=1S/C10H16BrN3/c1-2-9(11)10-7-14(13-12-10)6-8-4-3-5-8/h7-9H,2-6H2,1H3. The van der Waals surface area contributed by atoms with Crippen molar-refractivity contribution >= 4 is 15.9 Å². The van der Waals surface area contributed by atoms with Gasteiger partial charge in [0.15, 0.2) is 0 Å². The Morgan fingerprint density at radius 1 is 1.64 bits per heavy atom. The van der Waals surface area contributed by atoms with Gasteiger partial charge >= 0.3 is 0 Å². The second-order valence-corrected chi connectivity index (χ2v) is 5.14. The third kappa shape index (κ3) is 2.16. The van der Waals surface area contributed by atoms with Gasteiger partial charge in [0.2, 0.25) is 0 Å². The van der Waals surface area contributed by atoms with Crippen LogP contribution >= 0.6 is 15.9 Å². The van der Waals surface area contributed by atoms with Crippen LogP contribution in [0, 0.1) is 5.92 Å². The first-order chi connectivity index (χ1) is 6.79. The fourth-order valence-electron chi connectivity index (χ4n) is 1.70. The highest BCUT2D eigenvalue weighted by atomic mass is 79.9. The van der Waals surface area contributed by atoms with Gasteiger partial charge < -0.3 is 0 Å². The molecular weight excluding hydrogens is 242 g/mol. The van der Waals surface area contributed by atoms with Gasteiger partial charge in [0.25, 0.3) is 0 Å². The van der Waals surface area contributed by atoms with Crippen LogP contribution < -0.4 is 0 Å². The van der Waals surface area contributed by atoms with Gasteiger partial charge in [0, 0.05) is 12.7 Å². The average Bonchev–Trinajstić information content (AvgIpc) is 2.58. The molecule has 1 aliphatic carbocycles. The molecule has 2 rings (SSSR count). The molecule has 14 heavy (non-hydrogen) atoms. The normalized spacial score (nSPS) is 19.3. The van der Waals surface area contributed by atoms with Gasteiger partial charge in [0.05, 0.1) is 10.5 Å². The number of halogens is 1. The molecule has 0 N–H and O–H groups in total. The van der Waals surface area contributed by atoms with Crippen LogP contribution in [0.4, 0.5) is 0 Å². The van der Waals surface area contributed by atoms with Crippen LogP contribution in [0.2, 0.25) is 0 Å². The van der Waals surface area contributed by atoms with Gasteiger partial charge in [-0.1, -0.05) is 34.5 Å². The Morgan fingerprint density at radius 3 is 3.00 bits per heavy atom. The maximum atomic E-state index is 4.16. The molecule has 0 saturated heterocycles. The van der Waals surface area contributed by atoms with Crippen molar-refractivity contribution in [1.29, 1.82) is 0 Å². The monoisotopic (exact) mass is 257 g/mol. The van der Waals surface area contributed by atoms with Gasteiger partial charge in [0.1, 0.15) is 0 Å². The third-order valence-corrected chi connectivity index (χ3v) is 4.02. The Morgan fingerprint density at radius 2 is 2.43 bits per heavy atom. The molecule has 0 amide bonds. The van der Waals surface area contributed by atoms with Crippen LogP contribution in [0.25, 0.3) is 0 Å². The molecule has 0 radical (unpaired) electrons. The predicted octanol–water partition coefficient (Wildman–Crippen LogP) is 2.92. The summed E-state index contributed by atoms with van der Waals surface area (Å²) in [5.41, 5.74) is 1.06. The molecule has 1 fully saturated rings. The van der Waals surface area contributed by atoms with Crippen molar-refractivity contribution in [2.24, 2.45) is 5.92 Å². The zero-order valence-electron chi connectivity index (χ0n) is 8.49. The second kappa shape index (κ2) is 4.43. The summed E-state index contributed by atoms with van der Waals surface area (Å²) >= 11 is 3.58. The lowest BCUT2D eigenvalue weighted by atomic mass is 9.85. The minimum absolute atomic E-state index is 0.359. The molecule has 0 aromatic carbocycles. The van der Waals surface area contributed by atoms with E-state index >= 15 is 0 Å². The largest absolute Gasteiger partial charge is 0.252 e. The summed E-state index contributed by atoms with van der Waals surface area (Å²) in [4.78, 5) is 0.359. The highest BCUT2D eigenvalue weighted by molar-refractivity contribution is 9.09. The molecular formula is C10H16BrN3. The number of rotatable bonds is 4. The van der Waals surface area contributed by atoms with Gasteiger partial charge in [-0.05, 0) is 25.2 Å². The van der Waals surface area contributed by atoms with E-state index in [0.29, 0.717) is 4.83 Å². The van der Waals surface area contributed by atoms with Crippen molar-refractivity contribution in [1.82, 2.24) is 15.0 Å². The molecule has 3 nitrogen and oxygen atoms in total. The average molecular weight is 258 g/mol. The Kier molecular flexibility index (Phi) is 3.21. The summed E-state index contributed by atoms with van der Waals surface area (Å²) in [7, 11) is 0. The van der Waals surface area contributed by atoms with E-state index in [-0.39, 0.29) is 0 Å². The lowest BCUT2D eigenvalue weighted by molar-refractivity contribution is 0.264. The van der Waals surface area contributed by atoms with Gasteiger partial charge in [-0.3, -0.25) is 4.68 Å². The molecule has 1 heterocycles. The maximum absolute atomic E-state index is 4.16. The maximum Gasteiger partial charge on any atom is 0.0963 e. The molecule has 4 heteroatoms. The lowest BCUT2D eigenvalue weighted by Gasteiger charge is -2.24. The summed E-state index contributed by atoms with van der Waals surface area (Å²) < 4.78 is 1.99. The van der Waals surface area contributed by atoms with Crippen LogP contribution in [-0.2, 0) is 6.54 Å². The summed E-state index contributed by atoms with van der Waals surface area (Å²) in [6.45, 7) is 3.20. The summed E-state index contributed by atoms with van der Waals surface area (Å²) in [5, 5.41) is 8.31. The Balaban J connectivity index is 1.94. The van der Waals surface area contributed by atoms with Crippen molar-refractivity contribution in [3.63, 3.8) is 0 Å². The molecule has 0 spiro atoms. The van der Waals surface area contributed by atoms with Gasteiger partial charge in [-0.2, -0.15) is 0 Å². The molecule has 0 bridgehead atoms. The van der Waals surface area contributed by atoms with E-state index in [1.165, 1.54) is 19.3 Å². The SMILES string of the molecule is CCC(Br)c1cn(CC2CCC2)nn1. The highest BCUT2D eigenvalue weighted by Gasteiger charge is 2.19. The first-order valence-electron chi connectivity index (χ1n) is 5.33. The topological polar surface area (TPSA) is 30.7 Å². The number of hydrogen-bond acceptors (Lipinski definition) is 2. The zero-order valence-corrected chi connectivity index (χ0v) is 10.1. The van der Waals surface area contributed by atoms with E-state index in [2.05, 4.69) is 39.4 Å². The third-order valence-electron chi connectivity index (χ3n) is 2.91. The lowest BCUT2D eigenvalue weighted by Crippen LogP contribution is -2.18. The highest BCUT2D eigenvalue weighted by Crippen LogP contribution is 2.28. The predicted molar refractivity (Wildman–Crippen MR) is 59.3 cm³/mol. The van der Waals surface area contributed by atoms with Crippen molar-refractivity contribution in [3.8, 4) is 0 Å². The van der Waals surface area contributed by atoms with Crippen molar-refractivity contribution < 1.29 is 0 Å². The van der Waals surface area contributed by atoms with Gasteiger partial charge in [-0.15, -0.1) is 5.10 Å². The van der Waals surface area contributed by atoms with Crippen molar-refractivity contribution in [3.05, 3.63) is 11.9 Å². The van der Waals surface area contributed by atoms with Crippen molar-refractivity contribution in [2.75, 3.05) is 0 Å². The van der Waals surface area contributed by atoms with Crippen LogP contribution in [-0.4, -0.2) is 15.0 Å². The van der Waals surface area contributed by atoms with Crippen LogP contribution in [0.5, 0.6) is 0 Å². The molecule has 1 aliphatic rings. The van der Waals surface area contributed by atoms with Crippen LogP contribution in [0.15, 0.2) is 6.20 Å². The zero-order chi connectivity index (χ0) is 9.97.